The number of ether oxygens (including phenoxy) is 1. The average molecular weight is 419 g/mol. The maximum absolute atomic E-state index is 5.70. The molecule has 0 aliphatic heterocycles. The van der Waals surface area contributed by atoms with Gasteiger partial charge in [0.1, 0.15) is 5.75 Å². The van der Waals surface area contributed by atoms with Crippen LogP contribution in [-0.2, 0) is 12.8 Å². The fourth-order valence-electron chi connectivity index (χ4n) is 5.23. The summed E-state index contributed by atoms with van der Waals surface area (Å²) in [6.07, 6.45) is 19.6. The number of hydrogen-bond acceptors (Lipinski definition) is 1. The molecule has 0 fully saturated rings. The zero-order valence-electron chi connectivity index (χ0n) is 19.9. The van der Waals surface area contributed by atoms with Crippen LogP contribution in [0.4, 0.5) is 0 Å². The summed E-state index contributed by atoms with van der Waals surface area (Å²) >= 11 is 0. The Balaban J connectivity index is 1.51. The van der Waals surface area contributed by atoms with Crippen molar-refractivity contribution < 1.29 is 4.74 Å². The molecule has 0 spiro atoms. The molecule has 31 heavy (non-hydrogen) atoms. The Kier molecular flexibility index (Phi) is 9.72. The Morgan fingerprint density at radius 1 is 0.806 bits per heavy atom. The van der Waals surface area contributed by atoms with Crippen molar-refractivity contribution in [2.45, 2.75) is 96.3 Å². The van der Waals surface area contributed by atoms with Crippen LogP contribution in [0.3, 0.4) is 0 Å². The average Bonchev–Trinajstić information content (AvgIpc) is 2.80. The molecule has 2 aromatic rings. The highest BCUT2D eigenvalue weighted by Crippen LogP contribution is 2.42. The molecule has 0 heterocycles. The summed E-state index contributed by atoms with van der Waals surface area (Å²) in [5.74, 6) is 1.28. The van der Waals surface area contributed by atoms with Gasteiger partial charge in [-0.15, -0.1) is 6.58 Å². The Morgan fingerprint density at radius 3 is 2.00 bits per heavy atom. The summed E-state index contributed by atoms with van der Waals surface area (Å²) in [6.45, 7) is 6.45. The van der Waals surface area contributed by atoms with E-state index in [1.165, 1.54) is 105 Å². The molecule has 3 rings (SSSR count). The Hall–Kier alpha value is -2.02. The molecule has 0 N–H and O–H groups in total. The van der Waals surface area contributed by atoms with Gasteiger partial charge in [0.2, 0.25) is 0 Å². The summed E-state index contributed by atoms with van der Waals surface area (Å²) in [4.78, 5) is 0. The van der Waals surface area contributed by atoms with Gasteiger partial charge in [0.25, 0.3) is 0 Å². The predicted octanol–water partition coefficient (Wildman–Crippen LogP) is 8.77. The van der Waals surface area contributed by atoms with Crippen molar-refractivity contribution in [1.29, 1.82) is 0 Å². The zero-order valence-corrected chi connectivity index (χ0v) is 19.9. The number of allylic oxidation sites excluding steroid dienone is 1. The van der Waals surface area contributed by atoms with Gasteiger partial charge >= 0.3 is 0 Å². The van der Waals surface area contributed by atoms with Crippen molar-refractivity contribution in [3.8, 4) is 5.75 Å². The Morgan fingerprint density at radius 2 is 1.39 bits per heavy atom. The van der Waals surface area contributed by atoms with Crippen LogP contribution in [0.15, 0.2) is 49.1 Å². The molecule has 168 valence electrons. The molecular weight excluding hydrogens is 376 g/mol. The molecule has 0 saturated heterocycles. The van der Waals surface area contributed by atoms with E-state index in [-0.39, 0.29) is 5.92 Å². The smallest absolute Gasteiger partial charge is 0.122 e. The summed E-state index contributed by atoms with van der Waals surface area (Å²) in [6, 6.07) is 13.3. The van der Waals surface area contributed by atoms with Gasteiger partial charge in [-0.25, -0.2) is 0 Å². The number of aryl methyl sites for hydroxylation is 1. The van der Waals surface area contributed by atoms with Gasteiger partial charge in [0.15, 0.2) is 0 Å². The lowest BCUT2D eigenvalue weighted by atomic mass is 9.75. The standard InChI is InChI=1S/C30H42O/c1-4-6-7-8-9-10-11-12-13-14-15-18-24-19-16-20-26-25(5-2)27-21-17-22-30(31-3)29(27)23-28(24)26/h5,16-17,19-22,25H,2,4,6-15,18,23H2,1,3H3. The van der Waals surface area contributed by atoms with E-state index in [9.17, 15) is 0 Å². The van der Waals surface area contributed by atoms with E-state index in [2.05, 4.69) is 56.0 Å². The highest BCUT2D eigenvalue weighted by atomic mass is 16.5. The summed E-state index contributed by atoms with van der Waals surface area (Å²) in [5.41, 5.74) is 7.17. The first-order chi connectivity index (χ1) is 15.3. The number of hydrogen-bond donors (Lipinski definition) is 0. The second-order valence-corrected chi connectivity index (χ2v) is 9.19. The molecule has 1 aliphatic rings. The van der Waals surface area contributed by atoms with E-state index >= 15 is 0 Å². The van der Waals surface area contributed by atoms with E-state index < -0.39 is 0 Å². The third-order valence-electron chi connectivity index (χ3n) is 7.01. The van der Waals surface area contributed by atoms with Gasteiger partial charge in [-0.1, -0.05) is 108 Å². The van der Waals surface area contributed by atoms with Crippen LogP contribution >= 0.6 is 0 Å². The second kappa shape index (κ2) is 12.7. The number of rotatable bonds is 14. The number of benzene rings is 2. The van der Waals surface area contributed by atoms with Crippen molar-refractivity contribution in [2.75, 3.05) is 7.11 Å². The quantitative estimate of drug-likeness (QED) is 0.220. The molecule has 2 aromatic carbocycles. The van der Waals surface area contributed by atoms with Gasteiger partial charge < -0.3 is 4.74 Å². The SMILES string of the molecule is C=CC1c2cccc(CCCCCCCCCCCCC)c2Cc2c(OC)cccc21. The van der Waals surface area contributed by atoms with Crippen molar-refractivity contribution in [3.05, 3.63) is 76.9 Å². The fourth-order valence-corrected chi connectivity index (χ4v) is 5.23. The number of methoxy groups -OCH3 is 1. The molecule has 0 bridgehead atoms. The van der Waals surface area contributed by atoms with Gasteiger partial charge in [0, 0.05) is 17.9 Å². The van der Waals surface area contributed by atoms with Crippen LogP contribution < -0.4 is 4.74 Å². The lowest BCUT2D eigenvalue weighted by Gasteiger charge is -2.29. The molecule has 1 aliphatic carbocycles. The maximum atomic E-state index is 5.70. The predicted molar refractivity (Wildman–Crippen MR) is 134 cm³/mol. The highest BCUT2D eigenvalue weighted by Gasteiger charge is 2.26. The van der Waals surface area contributed by atoms with Crippen molar-refractivity contribution in [1.82, 2.24) is 0 Å². The molecule has 1 heteroatoms. The topological polar surface area (TPSA) is 9.23 Å². The van der Waals surface area contributed by atoms with Crippen LogP contribution in [0.1, 0.15) is 111 Å². The normalized spacial score (nSPS) is 14.7. The fraction of sp³-hybridized carbons (Fsp3) is 0.533. The van der Waals surface area contributed by atoms with Crippen molar-refractivity contribution >= 4 is 0 Å². The van der Waals surface area contributed by atoms with E-state index in [0.29, 0.717) is 0 Å². The molecule has 1 nitrogen and oxygen atoms in total. The first-order valence-corrected chi connectivity index (χ1v) is 12.7. The summed E-state index contributed by atoms with van der Waals surface area (Å²) in [7, 11) is 1.78. The molecule has 0 aromatic heterocycles. The minimum atomic E-state index is 0.270. The Bertz CT molecular complexity index is 819. The minimum absolute atomic E-state index is 0.270. The van der Waals surface area contributed by atoms with Crippen molar-refractivity contribution in [2.24, 2.45) is 0 Å². The van der Waals surface area contributed by atoms with E-state index in [1.54, 1.807) is 7.11 Å². The summed E-state index contributed by atoms with van der Waals surface area (Å²) in [5, 5.41) is 0. The first kappa shape index (κ1) is 23.6. The second-order valence-electron chi connectivity index (χ2n) is 9.19. The summed E-state index contributed by atoms with van der Waals surface area (Å²) < 4.78 is 5.70. The van der Waals surface area contributed by atoms with Gasteiger partial charge in [0.05, 0.1) is 7.11 Å². The Labute approximate surface area is 190 Å². The van der Waals surface area contributed by atoms with Crippen LogP contribution in [0.5, 0.6) is 5.75 Å². The van der Waals surface area contributed by atoms with E-state index in [4.69, 9.17) is 4.74 Å². The van der Waals surface area contributed by atoms with E-state index in [1.807, 2.05) is 0 Å². The lowest BCUT2D eigenvalue weighted by molar-refractivity contribution is 0.409. The maximum Gasteiger partial charge on any atom is 0.122 e. The first-order valence-electron chi connectivity index (χ1n) is 12.7. The van der Waals surface area contributed by atoms with E-state index in [0.717, 1.165) is 12.2 Å². The largest absolute Gasteiger partial charge is 0.496 e. The van der Waals surface area contributed by atoms with Crippen LogP contribution in [0.2, 0.25) is 0 Å². The third kappa shape index (κ3) is 6.25. The molecule has 0 saturated carbocycles. The van der Waals surface area contributed by atoms with Gasteiger partial charge in [-0.05, 0) is 41.2 Å². The highest BCUT2D eigenvalue weighted by molar-refractivity contribution is 5.57. The van der Waals surface area contributed by atoms with Gasteiger partial charge in [-0.3, -0.25) is 0 Å². The molecule has 0 amide bonds. The zero-order chi connectivity index (χ0) is 21.9. The number of fused-ring (bicyclic) bond motifs is 2. The van der Waals surface area contributed by atoms with Crippen molar-refractivity contribution in [3.63, 3.8) is 0 Å². The lowest BCUT2D eigenvalue weighted by Crippen LogP contribution is -2.15. The van der Waals surface area contributed by atoms with Crippen LogP contribution in [-0.4, -0.2) is 7.11 Å². The van der Waals surface area contributed by atoms with Crippen LogP contribution in [0, 0.1) is 0 Å². The monoisotopic (exact) mass is 418 g/mol. The molecule has 1 atom stereocenters. The molecule has 0 radical (unpaired) electrons. The minimum Gasteiger partial charge on any atom is -0.496 e. The molecule has 1 unspecified atom stereocenters. The molecular formula is C30H42O. The van der Waals surface area contributed by atoms with Crippen LogP contribution in [0.25, 0.3) is 0 Å². The number of unbranched alkanes of at least 4 members (excludes halogenated alkanes) is 10. The third-order valence-corrected chi connectivity index (χ3v) is 7.01. The van der Waals surface area contributed by atoms with Gasteiger partial charge in [-0.2, -0.15) is 0 Å².